The first-order chi connectivity index (χ1) is 6.27. The zero-order valence-corrected chi connectivity index (χ0v) is 8.42. The van der Waals surface area contributed by atoms with Gasteiger partial charge in [-0.3, -0.25) is 5.41 Å². The Morgan fingerprint density at radius 1 is 1.15 bits per heavy atom. The van der Waals surface area contributed by atoms with Crippen LogP contribution in [0, 0.1) is 11.3 Å². The van der Waals surface area contributed by atoms with E-state index in [9.17, 15) is 0 Å². The monoisotopic (exact) mass is 181 g/mol. The van der Waals surface area contributed by atoms with Crippen molar-refractivity contribution in [3.63, 3.8) is 0 Å². The highest BCUT2D eigenvalue weighted by Crippen LogP contribution is 2.31. The summed E-state index contributed by atoms with van der Waals surface area (Å²) in [5.74, 6) is 1.53. The molecule has 1 heterocycles. The van der Waals surface area contributed by atoms with Crippen molar-refractivity contribution >= 4 is 5.84 Å². The van der Waals surface area contributed by atoms with E-state index in [0.29, 0.717) is 5.92 Å². The summed E-state index contributed by atoms with van der Waals surface area (Å²) in [6, 6.07) is 0. The van der Waals surface area contributed by atoms with Crippen molar-refractivity contribution in [2.75, 3.05) is 33.2 Å². The molecule has 2 aliphatic rings. The third kappa shape index (κ3) is 2.21. The maximum absolute atomic E-state index is 7.97. The second-order valence-electron chi connectivity index (χ2n) is 4.30. The minimum Gasteiger partial charge on any atom is -0.359 e. The predicted molar refractivity (Wildman–Crippen MR) is 54.1 cm³/mol. The van der Waals surface area contributed by atoms with Gasteiger partial charge < -0.3 is 9.80 Å². The summed E-state index contributed by atoms with van der Waals surface area (Å²) in [6.07, 6.45) is 3.72. The zero-order chi connectivity index (χ0) is 9.26. The van der Waals surface area contributed by atoms with Crippen LogP contribution in [0.2, 0.25) is 0 Å². The largest absolute Gasteiger partial charge is 0.359 e. The van der Waals surface area contributed by atoms with E-state index in [4.69, 9.17) is 5.41 Å². The summed E-state index contributed by atoms with van der Waals surface area (Å²) in [5.41, 5.74) is 0. The molecule has 0 unspecified atom stereocenters. The van der Waals surface area contributed by atoms with Crippen LogP contribution < -0.4 is 0 Å². The molecule has 13 heavy (non-hydrogen) atoms. The van der Waals surface area contributed by atoms with Crippen LogP contribution in [0.1, 0.15) is 19.3 Å². The van der Waals surface area contributed by atoms with Gasteiger partial charge >= 0.3 is 0 Å². The molecule has 0 aromatic carbocycles. The summed E-state index contributed by atoms with van der Waals surface area (Å²) >= 11 is 0. The standard InChI is InChI=1S/C10H19N3/c1-12-5-2-6-13(8-7-12)10(11)9-3-4-9/h9,11H,2-8H2,1H3. The molecule has 3 nitrogen and oxygen atoms in total. The summed E-state index contributed by atoms with van der Waals surface area (Å²) < 4.78 is 0. The van der Waals surface area contributed by atoms with E-state index in [2.05, 4.69) is 16.8 Å². The molecule has 1 aliphatic carbocycles. The van der Waals surface area contributed by atoms with Crippen LogP contribution in [-0.2, 0) is 0 Å². The molecule has 0 atom stereocenters. The Morgan fingerprint density at radius 2 is 1.92 bits per heavy atom. The molecule has 0 bridgehead atoms. The smallest absolute Gasteiger partial charge is 0.0989 e. The highest BCUT2D eigenvalue weighted by atomic mass is 15.2. The third-order valence-corrected chi connectivity index (χ3v) is 3.02. The Hall–Kier alpha value is -0.570. The quantitative estimate of drug-likeness (QED) is 0.483. The second kappa shape index (κ2) is 3.66. The molecule has 3 heteroatoms. The van der Waals surface area contributed by atoms with Crippen LogP contribution in [0.5, 0.6) is 0 Å². The summed E-state index contributed by atoms with van der Waals surface area (Å²) in [7, 11) is 2.17. The lowest BCUT2D eigenvalue weighted by Gasteiger charge is -2.23. The average molecular weight is 181 g/mol. The Labute approximate surface area is 80.2 Å². The SMILES string of the molecule is CN1CCCN(C(=N)C2CC2)CC1. The number of nitrogens with one attached hydrogen (secondary N) is 1. The molecule has 0 radical (unpaired) electrons. The lowest BCUT2D eigenvalue weighted by atomic mass is 10.3. The van der Waals surface area contributed by atoms with Gasteiger partial charge in [-0.15, -0.1) is 0 Å². The topological polar surface area (TPSA) is 30.3 Å². The highest BCUT2D eigenvalue weighted by Gasteiger charge is 2.30. The summed E-state index contributed by atoms with van der Waals surface area (Å²) in [6.45, 7) is 4.47. The van der Waals surface area contributed by atoms with Gasteiger partial charge in [-0.05, 0) is 32.9 Å². The Kier molecular flexibility index (Phi) is 2.54. The van der Waals surface area contributed by atoms with Crippen molar-refractivity contribution in [1.82, 2.24) is 9.80 Å². The molecule has 1 saturated carbocycles. The molecule has 1 saturated heterocycles. The number of hydrogen-bond acceptors (Lipinski definition) is 2. The number of hydrogen-bond donors (Lipinski definition) is 1. The van der Waals surface area contributed by atoms with Crippen molar-refractivity contribution in [3.05, 3.63) is 0 Å². The molecular weight excluding hydrogens is 162 g/mol. The van der Waals surface area contributed by atoms with E-state index in [1.54, 1.807) is 0 Å². The van der Waals surface area contributed by atoms with E-state index < -0.39 is 0 Å². The first kappa shape index (κ1) is 9.00. The number of likely N-dealkylation sites (N-methyl/N-ethyl adjacent to an activating group) is 1. The van der Waals surface area contributed by atoms with E-state index in [1.165, 1.54) is 25.8 Å². The van der Waals surface area contributed by atoms with E-state index in [1.807, 2.05) is 0 Å². The van der Waals surface area contributed by atoms with Gasteiger partial charge in [-0.25, -0.2) is 0 Å². The first-order valence-corrected chi connectivity index (χ1v) is 5.29. The van der Waals surface area contributed by atoms with Crippen LogP contribution in [0.25, 0.3) is 0 Å². The maximum Gasteiger partial charge on any atom is 0.0989 e. The predicted octanol–water partition coefficient (Wildman–Crippen LogP) is 1.01. The molecule has 0 amide bonds. The maximum atomic E-state index is 7.97. The van der Waals surface area contributed by atoms with Crippen LogP contribution in [0.15, 0.2) is 0 Å². The highest BCUT2D eigenvalue weighted by molar-refractivity contribution is 5.83. The third-order valence-electron chi connectivity index (χ3n) is 3.02. The Bertz CT molecular complexity index is 198. The lowest BCUT2D eigenvalue weighted by Crippen LogP contribution is -2.34. The van der Waals surface area contributed by atoms with Crippen molar-refractivity contribution in [2.45, 2.75) is 19.3 Å². The molecule has 0 aromatic rings. The number of rotatable bonds is 1. The van der Waals surface area contributed by atoms with Crippen molar-refractivity contribution < 1.29 is 0 Å². The van der Waals surface area contributed by atoms with Gasteiger partial charge in [-0.1, -0.05) is 0 Å². The average Bonchev–Trinajstić information content (AvgIpc) is 2.89. The zero-order valence-electron chi connectivity index (χ0n) is 8.42. The van der Waals surface area contributed by atoms with Gasteiger partial charge in [-0.2, -0.15) is 0 Å². The Balaban J connectivity index is 1.87. The van der Waals surface area contributed by atoms with Gasteiger partial charge in [0.25, 0.3) is 0 Å². The minimum atomic E-state index is 0.614. The van der Waals surface area contributed by atoms with E-state index in [0.717, 1.165) is 25.5 Å². The molecule has 74 valence electrons. The van der Waals surface area contributed by atoms with Gasteiger partial charge in [0, 0.05) is 25.6 Å². The first-order valence-electron chi connectivity index (χ1n) is 5.29. The van der Waals surface area contributed by atoms with Crippen molar-refractivity contribution in [2.24, 2.45) is 5.92 Å². The van der Waals surface area contributed by atoms with E-state index >= 15 is 0 Å². The van der Waals surface area contributed by atoms with Crippen LogP contribution in [0.3, 0.4) is 0 Å². The molecule has 0 spiro atoms. The van der Waals surface area contributed by atoms with Crippen LogP contribution in [-0.4, -0.2) is 48.9 Å². The van der Waals surface area contributed by atoms with Crippen LogP contribution >= 0.6 is 0 Å². The van der Waals surface area contributed by atoms with Gasteiger partial charge in [0.05, 0.1) is 5.84 Å². The molecule has 1 N–H and O–H groups in total. The minimum absolute atomic E-state index is 0.614. The number of nitrogens with zero attached hydrogens (tertiary/aromatic N) is 2. The molecular formula is C10H19N3. The fourth-order valence-corrected chi connectivity index (χ4v) is 1.90. The molecule has 0 aromatic heterocycles. The van der Waals surface area contributed by atoms with Gasteiger partial charge in [0.2, 0.25) is 0 Å². The van der Waals surface area contributed by atoms with Gasteiger partial charge in [0.15, 0.2) is 0 Å². The van der Waals surface area contributed by atoms with Crippen LogP contribution in [0.4, 0.5) is 0 Å². The fourth-order valence-electron chi connectivity index (χ4n) is 1.90. The second-order valence-corrected chi connectivity index (χ2v) is 4.30. The number of amidine groups is 1. The lowest BCUT2D eigenvalue weighted by molar-refractivity contribution is 0.344. The van der Waals surface area contributed by atoms with Crippen molar-refractivity contribution in [3.8, 4) is 0 Å². The Morgan fingerprint density at radius 3 is 2.62 bits per heavy atom. The summed E-state index contributed by atoms with van der Waals surface area (Å²) in [4.78, 5) is 4.64. The normalized spacial score (nSPS) is 25.8. The molecule has 2 fully saturated rings. The molecule has 2 rings (SSSR count). The van der Waals surface area contributed by atoms with Gasteiger partial charge in [0.1, 0.15) is 0 Å². The molecule has 1 aliphatic heterocycles. The summed E-state index contributed by atoms with van der Waals surface area (Å²) in [5, 5.41) is 7.97. The van der Waals surface area contributed by atoms with Crippen molar-refractivity contribution in [1.29, 1.82) is 5.41 Å². The van der Waals surface area contributed by atoms with E-state index in [-0.39, 0.29) is 0 Å². The fraction of sp³-hybridized carbons (Fsp3) is 0.900.